The molecule has 16 heavy (non-hydrogen) atoms. The van der Waals surface area contributed by atoms with Crippen LogP contribution < -0.4 is 10.6 Å². The molecule has 2 fully saturated rings. The number of nitrogens with one attached hydrogen (secondary N) is 2. The van der Waals surface area contributed by atoms with E-state index in [1.807, 2.05) is 0 Å². The van der Waals surface area contributed by atoms with Gasteiger partial charge in [-0.15, -0.1) is 0 Å². The van der Waals surface area contributed by atoms with E-state index in [1.54, 1.807) is 0 Å². The van der Waals surface area contributed by atoms with Crippen LogP contribution in [0.15, 0.2) is 0 Å². The van der Waals surface area contributed by atoms with Gasteiger partial charge in [0, 0.05) is 31.8 Å². The zero-order valence-corrected chi connectivity index (χ0v) is 10.5. The van der Waals surface area contributed by atoms with Gasteiger partial charge in [-0.25, -0.2) is 0 Å². The third-order valence-electron chi connectivity index (χ3n) is 4.05. The van der Waals surface area contributed by atoms with Crippen LogP contribution in [0.4, 0.5) is 0 Å². The summed E-state index contributed by atoms with van der Waals surface area (Å²) in [6, 6.07) is 1.40. The third kappa shape index (κ3) is 3.72. The molecule has 0 spiro atoms. The largest absolute Gasteiger partial charge is 0.381 e. The third-order valence-corrected chi connectivity index (χ3v) is 4.05. The van der Waals surface area contributed by atoms with Crippen LogP contribution in [0.25, 0.3) is 0 Å². The van der Waals surface area contributed by atoms with E-state index in [1.165, 1.54) is 32.1 Å². The molecule has 2 rings (SSSR count). The number of hydrogen-bond donors (Lipinski definition) is 2. The molecule has 3 heteroatoms. The number of hydrogen-bond acceptors (Lipinski definition) is 3. The maximum absolute atomic E-state index is 5.41. The van der Waals surface area contributed by atoms with Gasteiger partial charge in [0.05, 0.1) is 6.61 Å². The van der Waals surface area contributed by atoms with Crippen molar-refractivity contribution in [1.29, 1.82) is 0 Å². The van der Waals surface area contributed by atoms with E-state index in [0.717, 1.165) is 38.3 Å². The van der Waals surface area contributed by atoms with Gasteiger partial charge >= 0.3 is 0 Å². The Bertz CT molecular complexity index is 186. The molecular formula is C13H26N2O. The summed E-state index contributed by atoms with van der Waals surface area (Å²) in [5, 5.41) is 7.24. The Hall–Kier alpha value is -0.120. The zero-order valence-electron chi connectivity index (χ0n) is 10.5. The van der Waals surface area contributed by atoms with Crippen molar-refractivity contribution in [2.75, 3.05) is 26.3 Å². The summed E-state index contributed by atoms with van der Waals surface area (Å²) < 4.78 is 5.41. The van der Waals surface area contributed by atoms with Crippen LogP contribution in [0.3, 0.4) is 0 Å². The fraction of sp³-hybridized carbons (Fsp3) is 1.00. The molecule has 94 valence electrons. The van der Waals surface area contributed by atoms with E-state index in [9.17, 15) is 0 Å². The minimum atomic E-state index is 0.605. The van der Waals surface area contributed by atoms with Crippen molar-refractivity contribution in [3.8, 4) is 0 Å². The van der Waals surface area contributed by atoms with Gasteiger partial charge in [-0.1, -0.05) is 12.8 Å². The predicted molar refractivity (Wildman–Crippen MR) is 66.6 cm³/mol. The summed E-state index contributed by atoms with van der Waals surface area (Å²) in [5.41, 5.74) is 0. The van der Waals surface area contributed by atoms with Crippen molar-refractivity contribution in [3.05, 3.63) is 0 Å². The van der Waals surface area contributed by atoms with Gasteiger partial charge in [-0.05, 0) is 32.1 Å². The minimum Gasteiger partial charge on any atom is -0.381 e. The van der Waals surface area contributed by atoms with Gasteiger partial charge in [0.25, 0.3) is 0 Å². The molecule has 1 saturated carbocycles. The molecule has 1 heterocycles. The molecule has 0 aromatic heterocycles. The molecule has 2 atom stereocenters. The Balaban J connectivity index is 1.50. The summed E-state index contributed by atoms with van der Waals surface area (Å²) in [6.45, 7) is 6.40. The average molecular weight is 226 g/mol. The summed E-state index contributed by atoms with van der Waals surface area (Å²) >= 11 is 0. The van der Waals surface area contributed by atoms with Crippen molar-refractivity contribution in [3.63, 3.8) is 0 Å². The van der Waals surface area contributed by atoms with E-state index >= 15 is 0 Å². The summed E-state index contributed by atoms with van der Waals surface area (Å²) in [6.07, 6.45) is 6.82. The maximum Gasteiger partial charge on any atom is 0.0509 e. The lowest BCUT2D eigenvalue weighted by Crippen LogP contribution is -2.40. The van der Waals surface area contributed by atoms with E-state index in [-0.39, 0.29) is 0 Å². The predicted octanol–water partition coefficient (Wildman–Crippen LogP) is 1.53. The Labute approximate surface area is 99.3 Å². The van der Waals surface area contributed by atoms with Crippen LogP contribution in [0, 0.1) is 5.92 Å². The monoisotopic (exact) mass is 226 g/mol. The van der Waals surface area contributed by atoms with Gasteiger partial charge in [0.2, 0.25) is 0 Å². The van der Waals surface area contributed by atoms with Crippen LogP contribution in [-0.4, -0.2) is 38.4 Å². The highest BCUT2D eigenvalue weighted by Crippen LogP contribution is 2.17. The van der Waals surface area contributed by atoms with Crippen LogP contribution in [0.5, 0.6) is 0 Å². The van der Waals surface area contributed by atoms with Crippen LogP contribution >= 0.6 is 0 Å². The smallest absolute Gasteiger partial charge is 0.0509 e. The SMILES string of the molecule is CC(NCCNC1CCCC1)C1CCOC1. The second-order valence-electron chi connectivity index (χ2n) is 5.30. The molecule has 2 unspecified atom stereocenters. The average Bonchev–Trinajstić information content (AvgIpc) is 2.96. The molecule has 2 N–H and O–H groups in total. The lowest BCUT2D eigenvalue weighted by molar-refractivity contribution is 0.178. The molecule has 0 aromatic rings. The second kappa shape index (κ2) is 6.58. The van der Waals surface area contributed by atoms with E-state index in [0.29, 0.717) is 6.04 Å². The van der Waals surface area contributed by atoms with Crippen LogP contribution in [0.2, 0.25) is 0 Å². The van der Waals surface area contributed by atoms with Gasteiger partial charge in [0.1, 0.15) is 0 Å². The molecule has 2 aliphatic rings. The maximum atomic E-state index is 5.41. The fourth-order valence-corrected chi connectivity index (χ4v) is 2.82. The highest BCUT2D eigenvalue weighted by Gasteiger charge is 2.21. The van der Waals surface area contributed by atoms with Crippen molar-refractivity contribution >= 4 is 0 Å². The Kier molecular flexibility index (Phi) is 5.07. The molecular weight excluding hydrogens is 200 g/mol. The van der Waals surface area contributed by atoms with Gasteiger partial charge in [-0.3, -0.25) is 0 Å². The number of ether oxygens (including phenoxy) is 1. The minimum absolute atomic E-state index is 0.605. The molecule has 0 amide bonds. The van der Waals surface area contributed by atoms with Gasteiger partial charge < -0.3 is 15.4 Å². The second-order valence-corrected chi connectivity index (χ2v) is 5.30. The molecule has 1 aliphatic heterocycles. The standard InChI is InChI=1S/C13H26N2O/c1-11(12-6-9-16-10-12)14-7-8-15-13-4-2-3-5-13/h11-15H,2-10H2,1H3. The molecule has 0 radical (unpaired) electrons. The first kappa shape index (κ1) is 12.3. The van der Waals surface area contributed by atoms with Crippen molar-refractivity contribution in [2.24, 2.45) is 5.92 Å². The van der Waals surface area contributed by atoms with Crippen molar-refractivity contribution in [1.82, 2.24) is 10.6 Å². The summed E-state index contributed by atoms with van der Waals surface area (Å²) in [5.74, 6) is 0.728. The lowest BCUT2D eigenvalue weighted by Gasteiger charge is -2.20. The Morgan fingerprint density at radius 2 is 2.00 bits per heavy atom. The normalized spacial score (nSPS) is 28.7. The quantitative estimate of drug-likeness (QED) is 0.674. The van der Waals surface area contributed by atoms with Crippen molar-refractivity contribution in [2.45, 2.75) is 51.1 Å². The number of rotatable bonds is 6. The van der Waals surface area contributed by atoms with E-state index in [4.69, 9.17) is 4.74 Å². The van der Waals surface area contributed by atoms with Crippen LogP contribution in [0.1, 0.15) is 39.0 Å². The van der Waals surface area contributed by atoms with Gasteiger partial charge in [0.15, 0.2) is 0 Å². The molecule has 3 nitrogen and oxygen atoms in total. The highest BCUT2D eigenvalue weighted by molar-refractivity contribution is 4.77. The van der Waals surface area contributed by atoms with E-state index < -0.39 is 0 Å². The molecule has 1 aliphatic carbocycles. The summed E-state index contributed by atoms with van der Waals surface area (Å²) in [4.78, 5) is 0. The van der Waals surface area contributed by atoms with E-state index in [2.05, 4.69) is 17.6 Å². The highest BCUT2D eigenvalue weighted by atomic mass is 16.5. The lowest BCUT2D eigenvalue weighted by atomic mass is 10.0. The first-order valence-electron chi connectivity index (χ1n) is 6.91. The molecule has 1 saturated heterocycles. The topological polar surface area (TPSA) is 33.3 Å². The molecule has 0 aromatic carbocycles. The van der Waals surface area contributed by atoms with Crippen LogP contribution in [-0.2, 0) is 4.74 Å². The molecule has 0 bridgehead atoms. The Morgan fingerprint density at radius 3 is 2.69 bits per heavy atom. The first-order valence-corrected chi connectivity index (χ1v) is 6.91. The first-order chi connectivity index (χ1) is 7.86. The van der Waals surface area contributed by atoms with Gasteiger partial charge in [-0.2, -0.15) is 0 Å². The Morgan fingerprint density at radius 1 is 1.19 bits per heavy atom. The summed E-state index contributed by atoms with van der Waals surface area (Å²) in [7, 11) is 0. The fourth-order valence-electron chi connectivity index (χ4n) is 2.82. The van der Waals surface area contributed by atoms with Crippen molar-refractivity contribution < 1.29 is 4.74 Å². The zero-order chi connectivity index (χ0) is 11.2.